The fraction of sp³-hybridized carbons (Fsp3) is 0.967. The van der Waals surface area contributed by atoms with Gasteiger partial charge in [-0.3, -0.25) is 4.79 Å². The molecule has 0 unspecified atom stereocenters. The van der Waals surface area contributed by atoms with Crippen LogP contribution in [0, 0.1) is 23.2 Å². The summed E-state index contributed by atoms with van der Waals surface area (Å²) in [7, 11) is 0. The highest BCUT2D eigenvalue weighted by Gasteiger charge is 2.36. The van der Waals surface area contributed by atoms with Gasteiger partial charge in [0.2, 0.25) is 0 Å². The standard InChI is InChI=1S/C30H60O2/c1-26(2)20-14-9-7-11-17-23-30(29(31)32,25-19-13-16-22-28(5)6)24-18-12-8-10-15-21-27(3)4/h26-28H,7-25H2,1-6H3,(H,31,32). The highest BCUT2D eigenvalue weighted by molar-refractivity contribution is 5.74. The largest absolute Gasteiger partial charge is 0.481 e. The Labute approximate surface area is 202 Å². The molecular weight excluding hydrogens is 392 g/mol. The number of hydrogen-bond donors (Lipinski definition) is 1. The number of aliphatic carboxylic acids is 1. The Bertz CT molecular complexity index is 403. The fourth-order valence-electron chi connectivity index (χ4n) is 4.98. The molecule has 0 saturated heterocycles. The third-order valence-electron chi connectivity index (χ3n) is 7.26. The summed E-state index contributed by atoms with van der Waals surface area (Å²) in [6.07, 6.45) is 22.5. The molecule has 0 fully saturated rings. The first-order chi connectivity index (χ1) is 15.2. The van der Waals surface area contributed by atoms with Crippen molar-refractivity contribution in [2.24, 2.45) is 23.2 Å². The van der Waals surface area contributed by atoms with Gasteiger partial charge in [0.15, 0.2) is 0 Å². The Morgan fingerprint density at radius 1 is 0.500 bits per heavy atom. The minimum Gasteiger partial charge on any atom is -0.481 e. The van der Waals surface area contributed by atoms with Crippen LogP contribution in [-0.2, 0) is 4.79 Å². The van der Waals surface area contributed by atoms with Crippen LogP contribution in [-0.4, -0.2) is 11.1 Å². The summed E-state index contributed by atoms with van der Waals surface area (Å²) < 4.78 is 0. The second-order valence-electron chi connectivity index (χ2n) is 12.0. The lowest BCUT2D eigenvalue weighted by molar-refractivity contribution is -0.150. The van der Waals surface area contributed by atoms with Gasteiger partial charge in [0, 0.05) is 0 Å². The molecule has 0 aliphatic rings. The lowest BCUT2D eigenvalue weighted by Crippen LogP contribution is -2.31. The molecule has 0 aliphatic carbocycles. The molecular formula is C30H60O2. The molecule has 0 aromatic carbocycles. The lowest BCUT2D eigenvalue weighted by Gasteiger charge is -2.30. The first kappa shape index (κ1) is 31.5. The highest BCUT2D eigenvalue weighted by Crippen LogP contribution is 2.38. The molecule has 0 atom stereocenters. The van der Waals surface area contributed by atoms with E-state index in [4.69, 9.17) is 0 Å². The van der Waals surface area contributed by atoms with Gasteiger partial charge in [-0.25, -0.2) is 0 Å². The van der Waals surface area contributed by atoms with E-state index in [1.54, 1.807) is 0 Å². The van der Waals surface area contributed by atoms with E-state index in [-0.39, 0.29) is 0 Å². The van der Waals surface area contributed by atoms with E-state index < -0.39 is 11.4 Å². The highest BCUT2D eigenvalue weighted by atomic mass is 16.4. The van der Waals surface area contributed by atoms with E-state index in [0.717, 1.165) is 56.3 Å². The van der Waals surface area contributed by atoms with Gasteiger partial charge in [0.25, 0.3) is 0 Å². The van der Waals surface area contributed by atoms with E-state index in [9.17, 15) is 9.90 Å². The maximum Gasteiger partial charge on any atom is 0.309 e. The summed E-state index contributed by atoms with van der Waals surface area (Å²) in [6, 6.07) is 0. The van der Waals surface area contributed by atoms with E-state index in [1.807, 2.05) is 0 Å². The van der Waals surface area contributed by atoms with Gasteiger partial charge in [-0.1, -0.05) is 144 Å². The van der Waals surface area contributed by atoms with Crippen LogP contribution >= 0.6 is 0 Å². The predicted molar refractivity (Wildman–Crippen MR) is 142 cm³/mol. The van der Waals surface area contributed by atoms with Crippen LogP contribution in [0.5, 0.6) is 0 Å². The van der Waals surface area contributed by atoms with Gasteiger partial charge in [0.05, 0.1) is 5.41 Å². The molecule has 32 heavy (non-hydrogen) atoms. The van der Waals surface area contributed by atoms with Crippen molar-refractivity contribution in [1.29, 1.82) is 0 Å². The number of unbranched alkanes of at least 4 members (excludes halogenated alkanes) is 10. The number of carboxylic acids is 1. The van der Waals surface area contributed by atoms with Crippen LogP contribution in [0.3, 0.4) is 0 Å². The smallest absolute Gasteiger partial charge is 0.309 e. The van der Waals surface area contributed by atoms with Crippen molar-refractivity contribution in [3.63, 3.8) is 0 Å². The molecule has 0 bridgehead atoms. The van der Waals surface area contributed by atoms with E-state index in [2.05, 4.69) is 41.5 Å². The van der Waals surface area contributed by atoms with Crippen LogP contribution in [0.2, 0.25) is 0 Å². The second-order valence-corrected chi connectivity index (χ2v) is 12.0. The van der Waals surface area contributed by atoms with Gasteiger partial charge in [0.1, 0.15) is 0 Å². The topological polar surface area (TPSA) is 37.3 Å². The van der Waals surface area contributed by atoms with Crippen molar-refractivity contribution in [2.45, 2.75) is 164 Å². The minimum absolute atomic E-state index is 0.465. The third-order valence-corrected chi connectivity index (χ3v) is 7.26. The van der Waals surface area contributed by atoms with Crippen molar-refractivity contribution >= 4 is 5.97 Å². The first-order valence-corrected chi connectivity index (χ1v) is 14.4. The van der Waals surface area contributed by atoms with Crippen LogP contribution in [0.25, 0.3) is 0 Å². The Morgan fingerprint density at radius 2 is 0.750 bits per heavy atom. The van der Waals surface area contributed by atoms with E-state index in [0.29, 0.717) is 0 Å². The van der Waals surface area contributed by atoms with Gasteiger partial charge in [-0.05, 0) is 37.0 Å². The molecule has 0 aromatic rings. The van der Waals surface area contributed by atoms with Crippen LogP contribution < -0.4 is 0 Å². The van der Waals surface area contributed by atoms with Gasteiger partial charge in [-0.2, -0.15) is 0 Å². The summed E-state index contributed by atoms with van der Waals surface area (Å²) in [5.74, 6) is 1.85. The quantitative estimate of drug-likeness (QED) is 0.156. The first-order valence-electron chi connectivity index (χ1n) is 14.4. The van der Waals surface area contributed by atoms with Crippen molar-refractivity contribution in [3.05, 3.63) is 0 Å². The zero-order chi connectivity index (χ0) is 24.2. The summed E-state index contributed by atoms with van der Waals surface area (Å²) in [6.45, 7) is 13.8. The maximum absolute atomic E-state index is 12.5. The molecule has 0 aromatic heterocycles. The lowest BCUT2D eigenvalue weighted by atomic mass is 9.74. The van der Waals surface area contributed by atoms with E-state index >= 15 is 0 Å². The van der Waals surface area contributed by atoms with Gasteiger partial charge in [-0.15, -0.1) is 0 Å². The van der Waals surface area contributed by atoms with Gasteiger partial charge >= 0.3 is 5.97 Å². The van der Waals surface area contributed by atoms with Crippen LogP contribution in [0.15, 0.2) is 0 Å². The molecule has 1 N–H and O–H groups in total. The number of hydrogen-bond acceptors (Lipinski definition) is 1. The predicted octanol–water partition coefficient (Wildman–Crippen LogP) is 10.4. The van der Waals surface area contributed by atoms with Crippen molar-refractivity contribution in [2.75, 3.05) is 0 Å². The summed E-state index contributed by atoms with van der Waals surface area (Å²) in [5, 5.41) is 10.3. The number of rotatable bonds is 23. The van der Waals surface area contributed by atoms with Crippen LogP contribution in [0.4, 0.5) is 0 Å². The van der Waals surface area contributed by atoms with Crippen molar-refractivity contribution < 1.29 is 9.90 Å². The Morgan fingerprint density at radius 3 is 1.03 bits per heavy atom. The number of carbonyl (C=O) groups is 1. The van der Waals surface area contributed by atoms with Crippen molar-refractivity contribution in [3.8, 4) is 0 Å². The zero-order valence-corrected chi connectivity index (χ0v) is 23.0. The van der Waals surface area contributed by atoms with Gasteiger partial charge < -0.3 is 5.11 Å². The molecule has 2 heteroatoms. The molecule has 0 heterocycles. The molecule has 0 aliphatic heterocycles. The van der Waals surface area contributed by atoms with Crippen molar-refractivity contribution in [1.82, 2.24) is 0 Å². The number of carboxylic acid groups (broad SMARTS) is 1. The Kier molecular flexibility index (Phi) is 19.6. The summed E-state index contributed by atoms with van der Waals surface area (Å²) >= 11 is 0. The zero-order valence-electron chi connectivity index (χ0n) is 23.0. The molecule has 0 spiro atoms. The molecule has 0 rings (SSSR count). The normalized spacial score (nSPS) is 12.4. The maximum atomic E-state index is 12.5. The minimum atomic E-state index is -0.513. The molecule has 0 amide bonds. The van der Waals surface area contributed by atoms with E-state index in [1.165, 1.54) is 83.5 Å². The Hall–Kier alpha value is -0.530. The average molecular weight is 453 g/mol. The molecule has 0 saturated carbocycles. The summed E-state index contributed by atoms with van der Waals surface area (Å²) in [5.41, 5.74) is -0.465. The fourth-order valence-corrected chi connectivity index (χ4v) is 4.98. The third kappa shape index (κ3) is 18.0. The SMILES string of the molecule is CC(C)CCCCCCCC(CCCCCCCC(C)C)(CCCCCC(C)C)C(=O)O. The summed E-state index contributed by atoms with van der Waals surface area (Å²) in [4.78, 5) is 12.5. The Balaban J connectivity index is 4.51. The second kappa shape index (κ2) is 19.9. The molecule has 192 valence electrons. The molecule has 0 radical (unpaired) electrons. The van der Waals surface area contributed by atoms with Crippen LogP contribution in [0.1, 0.15) is 164 Å². The monoisotopic (exact) mass is 452 g/mol. The molecule has 2 nitrogen and oxygen atoms in total. The average Bonchev–Trinajstić information content (AvgIpc) is 2.70.